The molecule has 7 heteroatoms. The molecule has 0 radical (unpaired) electrons. The topological polar surface area (TPSA) is 78.5 Å². The van der Waals surface area contributed by atoms with Gasteiger partial charge in [0.15, 0.2) is 0 Å². The molecule has 2 N–H and O–H groups in total. The highest BCUT2D eigenvalue weighted by Crippen LogP contribution is 2.33. The first-order chi connectivity index (χ1) is 14.4. The smallest absolute Gasteiger partial charge is 0.325 e. The number of benzene rings is 3. The van der Waals surface area contributed by atoms with Crippen LogP contribution in [0.1, 0.15) is 18.1 Å². The van der Waals surface area contributed by atoms with E-state index in [0.29, 0.717) is 10.6 Å². The Morgan fingerprint density at radius 3 is 2.53 bits per heavy atom. The van der Waals surface area contributed by atoms with Crippen molar-refractivity contribution in [2.75, 3.05) is 6.54 Å². The van der Waals surface area contributed by atoms with Gasteiger partial charge in [0, 0.05) is 11.6 Å². The van der Waals surface area contributed by atoms with Crippen molar-refractivity contribution >= 4 is 40.2 Å². The van der Waals surface area contributed by atoms with E-state index in [1.54, 1.807) is 25.1 Å². The molecule has 1 aliphatic rings. The number of fused-ring (bicyclic) bond motifs is 1. The number of imide groups is 1. The van der Waals surface area contributed by atoms with Crippen LogP contribution in [0.3, 0.4) is 0 Å². The third-order valence-corrected chi connectivity index (χ3v) is 5.71. The monoisotopic (exact) mass is 421 g/mol. The first-order valence-electron chi connectivity index (χ1n) is 9.52. The summed E-state index contributed by atoms with van der Waals surface area (Å²) in [7, 11) is 0. The van der Waals surface area contributed by atoms with Crippen LogP contribution in [-0.2, 0) is 21.7 Å². The van der Waals surface area contributed by atoms with Crippen LogP contribution in [0.2, 0.25) is 5.02 Å². The number of carbonyl (C=O) groups excluding carboxylic acids is 3. The van der Waals surface area contributed by atoms with Crippen LogP contribution >= 0.6 is 11.6 Å². The fourth-order valence-corrected chi connectivity index (χ4v) is 3.92. The van der Waals surface area contributed by atoms with Crippen LogP contribution in [0, 0.1) is 0 Å². The van der Waals surface area contributed by atoms with Gasteiger partial charge < -0.3 is 10.6 Å². The highest BCUT2D eigenvalue weighted by atomic mass is 35.5. The summed E-state index contributed by atoms with van der Waals surface area (Å²) >= 11 is 6.10. The highest BCUT2D eigenvalue weighted by molar-refractivity contribution is 6.31. The van der Waals surface area contributed by atoms with Gasteiger partial charge in [-0.15, -0.1) is 0 Å². The summed E-state index contributed by atoms with van der Waals surface area (Å²) in [6.45, 7) is 1.51. The summed E-state index contributed by atoms with van der Waals surface area (Å²) in [6.07, 6.45) is 0. The summed E-state index contributed by atoms with van der Waals surface area (Å²) in [4.78, 5) is 39.1. The lowest BCUT2D eigenvalue weighted by molar-refractivity contribution is -0.134. The molecular weight excluding hydrogens is 402 g/mol. The molecule has 1 fully saturated rings. The van der Waals surface area contributed by atoms with Crippen LogP contribution in [0.5, 0.6) is 0 Å². The quantitative estimate of drug-likeness (QED) is 0.618. The minimum absolute atomic E-state index is 0.211. The molecule has 0 spiro atoms. The van der Waals surface area contributed by atoms with Crippen molar-refractivity contribution in [2.45, 2.75) is 19.0 Å². The normalized spacial score (nSPS) is 18.5. The second-order valence-corrected chi connectivity index (χ2v) is 7.75. The number of amides is 4. The van der Waals surface area contributed by atoms with Crippen molar-refractivity contribution < 1.29 is 14.4 Å². The van der Waals surface area contributed by atoms with Gasteiger partial charge in [0.05, 0.1) is 0 Å². The molecule has 1 heterocycles. The standard InChI is InChI=1S/C23H20ClN3O3/c1-23(18-11-6-9-15-7-2-4-10-17(15)18)21(29)27(22(30)26-23)14-20(28)25-13-16-8-3-5-12-19(16)24/h2-12H,13-14H2,1H3,(H,25,28)(H,26,30)/t23-/m1/s1. The average Bonchev–Trinajstić information content (AvgIpc) is 2.96. The van der Waals surface area contributed by atoms with Crippen molar-refractivity contribution in [3.8, 4) is 0 Å². The van der Waals surface area contributed by atoms with Gasteiger partial charge in [-0.1, -0.05) is 72.3 Å². The first-order valence-corrected chi connectivity index (χ1v) is 9.90. The van der Waals surface area contributed by atoms with E-state index in [1.165, 1.54) is 0 Å². The Kier molecular flexibility index (Phi) is 5.18. The lowest BCUT2D eigenvalue weighted by atomic mass is 9.88. The molecule has 0 aliphatic carbocycles. The summed E-state index contributed by atoms with van der Waals surface area (Å²) < 4.78 is 0. The average molecular weight is 422 g/mol. The number of hydrogen-bond donors (Lipinski definition) is 2. The Hall–Kier alpha value is -3.38. The molecule has 3 aromatic carbocycles. The molecule has 3 aromatic rings. The van der Waals surface area contributed by atoms with E-state index >= 15 is 0 Å². The Morgan fingerprint density at radius 2 is 1.73 bits per heavy atom. The van der Waals surface area contributed by atoms with Gasteiger partial charge in [-0.05, 0) is 34.9 Å². The number of halogens is 1. The van der Waals surface area contributed by atoms with Crippen molar-refractivity contribution in [2.24, 2.45) is 0 Å². The van der Waals surface area contributed by atoms with Gasteiger partial charge in [-0.2, -0.15) is 0 Å². The molecule has 0 bridgehead atoms. The number of hydrogen-bond acceptors (Lipinski definition) is 3. The third-order valence-electron chi connectivity index (χ3n) is 5.34. The predicted octanol–water partition coefficient (Wildman–Crippen LogP) is 3.58. The Bertz CT molecular complexity index is 1160. The molecule has 30 heavy (non-hydrogen) atoms. The minimum atomic E-state index is -1.25. The van der Waals surface area contributed by atoms with E-state index in [-0.39, 0.29) is 13.1 Å². The molecule has 0 aromatic heterocycles. The predicted molar refractivity (Wildman–Crippen MR) is 115 cm³/mol. The van der Waals surface area contributed by atoms with Gasteiger partial charge in [0.25, 0.3) is 5.91 Å². The van der Waals surface area contributed by atoms with Gasteiger partial charge in [0.1, 0.15) is 12.1 Å². The summed E-state index contributed by atoms with van der Waals surface area (Å²) in [6, 6.07) is 19.8. The second kappa shape index (κ2) is 7.80. The summed E-state index contributed by atoms with van der Waals surface area (Å²) in [5, 5.41) is 7.85. The van der Waals surface area contributed by atoms with E-state index in [9.17, 15) is 14.4 Å². The first kappa shape index (κ1) is 19.9. The molecule has 6 nitrogen and oxygen atoms in total. The lowest BCUT2D eigenvalue weighted by Crippen LogP contribution is -2.43. The summed E-state index contributed by atoms with van der Waals surface area (Å²) in [5.74, 6) is -0.905. The van der Waals surface area contributed by atoms with Gasteiger partial charge in [0.2, 0.25) is 5.91 Å². The van der Waals surface area contributed by atoms with Gasteiger partial charge >= 0.3 is 6.03 Å². The van der Waals surface area contributed by atoms with Crippen molar-refractivity contribution in [3.05, 3.63) is 82.9 Å². The maximum Gasteiger partial charge on any atom is 0.325 e. The second-order valence-electron chi connectivity index (χ2n) is 7.34. The van der Waals surface area contributed by atoms with Crippen LogP contribution < -0.4 is 10.6 Å². The van der Waals surface area contributed by atoms with E-state index in [0.717, 1.165) is 21.2 Å². The third kappa shape index (κ3) is 3.50. The largest absolute Gasteiger partial charge is 0.350 e. The molecule has 4 amide bonds. The molecule has 1 saturated heterocycles. The highest BCUT2D eigenvalue weighted by Gasteiger charge is 2.50. The van der Waals surface area contributed by atoms with Crippen LogP contribution in [-0.4, -0.2) is 29.3 Å². The lowest BCUT2D eigenvalue weighted by Gasteiger charge is -2.24. The van der Waals surface area contributed by atoms with Crippen LogP contribution in [0.25, 0.3) is 10.8 Å². The fourth-order valence-electron chi connectivity index (χ4n) is 3.72. The molecule has 1 atom stereocenters. The number of urea groups is 1. The molecule has 1 aliphatic heterocycles. The maximum absolute atomic E-state index is 13.2. The number of carbonyl (C=O) groups is 3. The molecular formula is C23H20ClN3O3. The van der Waals surface area contributed by atoms with E-state index in [1.807, 2.05) is 48.5 Å². The fraction of sp³-hybridized carbons (Fsp3) is 0.174. The zero-order chi connectivity index (χ0) is 21.3. The van der Waals surface area contributed by atoms with Gasteiger partial charge in [-0.25, -0.2) is 4.79 Å². The van der Waals surface area contributed by atoms with E-state index in [4.69, 9.17) is 11.6 Å². The molecule has 4 rings (SSSR count). The number of nitrogens with zero attached hydrogens (tertiary/aromatic N) is 1. The Morgan fingerprint density at radius 1 is 1.03 bits per heavy atom. The van der Waals surface area contributed by atoms with Gasteiger partial charge in [-0.3, -0.25) is 14.5 Å². The van der Waals surface area contributed by atoms with Crippen LogP contribution in [0.15, 0.2) is 66.7 Å². The Labute approximate surface area is 178 Å². The minimum Gasteiger partial charge on any atom is -0.350 e. The zero-order valence-electron chi connectivity index (χ0n) is 16.3. The molecule has 0 unspecified atom stereocenters. The Balaban J connectivity index is 1.52. The number of nitrogens with one attached hydrogen (secondary N) is 2. The molecule has 152 valence electrons. The van der Waals surface area contributed by atoms with E-state index in [2.05, 4.69) is 10.6 Å². The zero-order valence-corrected chi connectivity index (χ0v) is 17.1. The SMILES string of the molecule is C[C@]1(c2cccc3ccccc23)NC(=O)N(CC(=O)NCc2ccccc2Cl)C1=O. The van der Waals surface area contributed by atoms with Crippen molar-refractivity contribution in [3.63, 3.8) is 0 Å². The molecule has 0 saturated carbocycles. The number of rotatable bonds is 5. The van der Waals surface area contributed by atoms with Crippen molar-refractivity contribution in [1.29, 1.82) is 0 Å². The van der Waals surface area contributed by atoms with Crippen molar-refractivity contribution in [1.82, 2.24) is 15.5 Å². The van der Waals surface area contributed by atoms with E-state index < -0.39 is 23.4 Å². The summed E-state index contributed by atoms with van der Waals surface area (Å²) in [5.41, 5.74) is 0.198. The van der Waals surface area contributed by atoms with Crippen LogP contribution in [0.4, 0.5) is 4.79 Å². The maximum atomic E-state index is 13.2.